The van der Waals surface area contributed by atoms with Crippen molar-refractivity contribution in [2.24, 2.45) is 11.8 Å². The summed E-state index contributed by atoms with van der Waals surface area (Å²) in [4.78, 5) is 0. The monoisotopic (exact) mass is 190 g/mol. The molecule has 2 atom stereocenters. The van der Waals surface area contributed by atoms with Gasteiger partial charge in [0.2, 0.25) is 0 Å². The molecule has 0 aromatic rings. The Morgan fingerprint density at radius 1 is 1.08 bits per heavy atom. The van der Waals surface area contributed by atoms with Crippen LogP contribution < -0.4 is 0 Å². The first kappa shape index (κ1) is 15.4. The lowest BCUT2D eigenvalue weighted by Crippen LogP contribution is -2.36. The van der Waals surface area contributed by atoms with Crippen molar-refractivity contribution in [3.05, 3.63) is 0 Å². The Labute approximate surface area is 83.9 Å². The van der Waals surface area contributed by atoms with Crippen LogP contribution in [0.15, 0.2) is 0 Å². The van der Waals surface area contributed by atoms with Crippen molar-refractivity contribution in [3.63, 3.8) is 0 Å². The van der Waals surface area contributed by atoms with E-state index in [4.69, 9.17) is 0 Å². The summed E-state index contributed by atoms with van der Waals surface area (Å²) in [5.41, 5.74) is -0.950. The molecule has 0 N–H and O–H groups in total. The fourth-order valence-corrected chi connectivity index (χ4v) is 1.67. The van der Waals surface area contributed by atoms with Gasteiger partial charge in [-0.05, 0) is 18.3 Å². The summed E-state index contributed by atoms with van der Waals surface area (Å²) in [6.45, 7) is 13.9. The highest BCUT2D eigenvalue weighted by molar-refractivity contribution is 4.85. The highest BCUT2D eigenvalue weighted by Crippen LogP contribution is 2.35. The van der Waals surface area contributed by atoms with E-state index in [1.165, 1.54) is 0 Å². The van der Waals surface area contributed by atoms with Crippen LogP contribution in [-0.4, -0.2) is 5.67 Å². The van der Waals surface area contributed by atoms with Crippen molar-refractivity contribution in [1.82, 2.24) is 0 Å². The van der Waals surface area contributed by atoms with Gasteiger partial charge in [-0.2, -0.15) is 0 Å². The van der Waals surface area contributed by atoms with Crippen LogP contribution in [0.1, 0.15) is 61.3 Å². The van der Waals surface area contributed by atoms with E-state index >= 15 is 0 Å². The largest absolute Gasteiger partial charge is 0.243 e. The molecule has 0 nitrogen and oxygen atoms in total. The van der Waals surface area contributed by atoms with E-state index in [0.29, 0.717) is 6.42 Å². The molecule has 0 saturated heterocycles. The Bertz CT molecular complexity index is 110. The lowest BCUT2D eigenvalue weighted by molar-refractivity contribution is 0.0321. The summed E-state index contributed by atoms with van der Waals surface area (Å²) >= 11 is 0. The molecule has 0 bridgehead atoms. The topological polar surface area (TPSA) is 0 Å². The van der Waals surface area contributed by atoms with Gasteiger partial charge < -0.3 is 0 Å². The molecule has 82 valence electrons. The van der Waals surface area contributed by atoms with Crippen LogP contribution in [0.3, 0.4) is 0 Å². The predicted molar refractivity (Wildman–Crippen MR) is 59.8 cm³/mol. The van der Waals surface area contributed by atoms with Crippen LogP contribution in [0.5, 0.6) is 0 Å². The second-order valence-corrected chi connectivity index (χ2v) is 3.74. The van der Waals surface area contributed by atoms with Crippen molar-refractivity contribution in [3.8, 4) is 0 Å². The van der Waals surface area contributed by atoms with Crippen LogP contribution in [0.4, 0.5) is 4.39 Å². The van der Waals surface area contributed by atoms with Crippen molar-refractivity contribution in [2.75, 3.05) is 0 Å². The Morgan fingerprint density at radius 2 is 1.46 bits per heavy atom. The maximum Gasteiger partial charge on any atom is 0.115 e. The van der Waals surface area contributed by atoms with E-state index in [0.717, 1.165) is 6.42 Å². The average molecular weight is 190 g/mol. The fraction of sp³-hybridized carbons (Fsp3) is 1.00. The van der Waals surface area contributed by atoms with Crippen LogP contribution >= 0.6 is 0 Å². The van der Waals surface area contributed by atoms with Crippen molar-refractivity contribution < 1.29 is 4.39 Å². The van der Waals surface area contributed by atoms with Crippen LogP contribution in [0, 0.1) is 11.8 Å². The van der Waals surface area contributed by atoms with E-state index in [2.05, 4.69) is 6.92 Å². The maximum absolute atomic E-state index is 14.0. The number of halogens is 1. The molecule has 0 aliphatic carbocycles. The Morgan fingerprint density at radius 3 is 1.54 bits per heavy atom. The second kappa shape index (κ2) is 7.34. The molecule has 0 aromatic carbocycles. The van der Waals surface area contributed by atoms with Gasteiger partial charge in [0.05, 0.1) is 0 Å². The summed E-state index contributed by atoms with van der Waals surface area (Å²) < 4.78 is 14.0. The summed E-state index contributed by atoms with van der Waals surface area (Å²) in [6.07, 6.45) is 1.57. The molecule has 0 aliphatic rings. The number of hydrogen-bond acceptors (Lipinski definition) is 0. The Kier molecular flexibility index (Phi) is 8.70. The van der Waals surface area contributed by atoms with Crippen molar-refractivity contribution in [2.45, 2.75) is 67.0 Å². The zero-order valence-electron chi connectivity index (χ0n) is 10.4. The molecule has 13 heavy (non-hydrogen) atoms. The van der Waals surface area contributed by atoms with E-state index in [1.807, 2.05) is 41.5 Å². The molecule has 0 fully saturated rings. The van der Waals surface area contributed by atoms with Gasteiger partial charge in [0.1, 0.15) is 5.67 Å². The standard InChI is InChI=1S/C10H21F.C2H6/c1-6-9(5)10(11,7-2)8(3)4;1-2/h8-9H,6-7H2,1-5H3;1-2H3. The maximum atomic E-state index is 14.0. The van der Waals surface area contributed by atoms with E-state index in [-0.39, 0.29) is 11.8 Å². The highest BCUT2D eigenvalue weighted by atomic mass is 19.1. The van der Waals surface area contributed by atoms with Crippen LogP contribution in [0.2, 0.25) is 0 Å². The molecule has 0 radical (unpaired) electrons. The van der Waals surface area contributed by atoms with Gasteiger partial charge >= 0.3 is 0 Å². The van der Waals surface area contributed by atoms with E-state index in [1.54, 1.807) is 0 Å². The number of hydrogen-bond donors (Lipinski definition) is 0. The van der Waals surface area contributed by atoms with Crippen LogP contribution in [-0.2, 0) is 0 Å². The molecule has 2 unspecified atom stereocenters. The SMILES string of the molecule is CC.CCC(C)C(F)(CC)C(C)C. The Hall–Kier alpha value is -0.0700. The molecule has 0 spiro atoms. The smallest absolute Gasteiger partial charge is 0.115 e. The molecule has 0 amide bonds. The van der Waals surface area contributed by atoms with E-state index < -0.39 is 5.67 Å². The molecule has 0 saturated carbocycles. The minimum Gasteiger partial charge on any atom is -0.243 e. The number of alkyl halides is 1. The lowest BCUT2D eigenvalue weighted by Gasteiger charge is -2.33. The average Bonchev–Trinajstić information content (AvgIpc) is 2.18. The molecular weight excluding hydrogens is 163 g/mol. The third kappa shape index (κ3) is 4.10. The van der Waals surface area contributed by atoms with Crippen molar-refractivity contribution >= 4 is 0 Å². The molecule has 0 aromatic heterocycles. The summed E-state index contributed by atoms with van der Waals surface area (Å²) in [5, 5.41) is 0. The summed E-state index contributed by atoms with van der Waals surface area (Å²) in [5.74, 6) is 0.329. The zero-order chi connectivity index (χ0) is 11.1. The highest BCUT2D eigenvalue weighted by Gasteiger charge is 2.36. The van der Waals surface area contributed by atoms with Gasteiger partial charge in [-0.1, -0.05) is 54.9 Å². The molecule has 1 heteroatoms. The Balaban J connectivity index is 0. The second-order valence-electron chi connectivity index (χ2n) is 3.74. The van der Waals surface area contributed by atoms with Gasteiger partial charge in [-0.25, -0.2) is 4.39 Å². The minimum absolute atomic E-state index is 0.141. The normalized spacial score (nSPS) is 17.3. The quantitative estimate of drug-likeness (QED) is 0.595. The third-order valence-electron chi connectivity index (χ3n) is 2.93. The minimum atomic E-state index is -0.950. The fourth-order valence-electron chi connectivity index (χ4n) is 1.67. The predicted octanol–water partition coefficient (Wildman–Crippen LogP) is 4.83. The summed E-state index contributed by atoms with van der Waals surface area (Å²) in [6, 6.07) is 0. The molecule has 0 heterocycles. The summed E-state index contributed by atoms with van der Waals surface area (Å²) in [7, 11) is 0. The van der Waals surface area contributed by atoms with Gasteiger partial charge in [0.25, 0.3) is 0 Å². The first-order valence-corrected chi connectivity index (χ1v) is 5.67. The van der Waals surface area contributed by atoms with Crippen molar-refractivity contribution in [1.29, 1.82) is 0 Å². The first-order valence-electron chi connectivity index (χ1n) is 5.67. The third-order valence-corrected chi connectivity index (χ3v) is 2.93. The molecule has 0 aliphatic heterocycles. The van der Waals surface area contributed by atoms with Gasteiger partial charge in [0, 0.05) is 0 Å². The van der Waals surface area contributed by atoms with Crippen LogP contribution in [0.25, 0.3) is 0 Å². The zero-order valence-corrected chi connectivity index (χ0v) is 10.4. The first-order chi connectivity index (χ1) is 5.99. The number of rotatable bonds is 4. The van der Waals surface area contributed by atoms with Gasteiger partial charge in [-0.15, -0.1) is 0 Å². The van der Waals surface area contributed by atoms with Gasteiger partial charge in [0.15, 0.2) is 0 Å². The molecular formula is C12H27F. The van der Waals surface area contributed by atoms with Gasteiger partial charge in [-0.3, -0.25) is 0 Å². The van der Waals surface area contributed by atoms with E-state index in [9.17, 15) is 4.39 Å². The lowest BCUT2D eigenvalue weighted by atomic mass is 9.78. The molecule has 0 rings (SSSR count).